The molecule has 0 saturated heterocycles. The molecule has 0 aliphatic heterocycles. The number of phenols is 1. The zero-order valence-electron chi connectivity index (χ0n) is 59.2. The van der Waals surface area contributed by atoms with Crippen molar-refractivity contribution in [1.82, 2.24) is 0 Å². The van der Waals surface area contributed by atoms with Crippen LogP contribution in [0.1, 0.15) is 33.6 Å². The smallest absolute Gasteiger partial charge is 0.374 e. The minimum Gasteiger partial charge on any atom is -0.507 e. The second-order valence-electron chi connectivity index (χ2n) is 21.7. The lowest BCUT2D eigenvalue weighted by Crippen LogP contribution is -2.13. The van der Waals surface area contributed by atoms with E-state index in [4.69, 9.17) is 80.0 Å². The van der Waals surface area contributed by atoms with Crippen molar-refractivity contribution < 1.29 is 90.5 Å². The predicted octanol–water partition coefficient (Wildman–Crippen LogP) is 19.5. The number of methoxy groups -OCH3 is 2. The lowest BCUT2D eigenvalue weighted by Gasteiger charge is -2.09. The monoisotopic (exact) mass is 2130 g/mol. The largest absolute Gasteiger partial charge is 0.507 e. The molecule has 0 unspecified atom stereocenters. The molecule has 0 bridgehead atoms. The van der Waals surface area contributed by atoms with Gasteiger partial charge in [0.1, 0.15) is 46.9 Å². The van der Waals surface area contributed by atoms with Crippen LogP contribution in [0.5, 0.6) is 17.2 Å². The number of carbonyl (C=O) groups is 5. The number of carboxylic acid groups (broad SMARTS) is 3. The number of aromatic carboxylic acids is 1. The summed E-state index contributed by atoms with van der Waals surface area (Å²) in [6.45, 7) is -0.0119. The predicted molar refractivity (Wildman–Crippen MR) is 462 cm³/mol. The van der Waals surface area contributed by atoms with Crippen LogP contribution in [0.2, 0.25) is 0 Å². The number of aliphatic hydroxyl groups is 1. The molecule has 8 aromatic carbocycles. The number of carboxylic acids is 3. The van der Waals surface area contributed by atoms with Gasteiger partial charge in [-0.05, 0) is 230 Å². The zero-order valence-corrected chi connectivity index (χ0v) is 73.4. The Balaban J connectivity index is 0.000000237. The Kier molecular flexibility index (Phi) is 40.1. The number of benzene rings is 8. The van der Waals surface area contributed by atoms with Gasteiger partial charge >= 0.3 is 29.8 Å². The average Bonchev–Trinajstić information content (AvgIpc) is 0.816. The number of hydrogen-bond donors (Lipinski definition) is 6. The molecule has 5 aromatic heterocycles. The van der Waals surface area contributed by atoms with Crippen LogP contribution in [0.15, 0.2) is 305 Å². The Labute approximate surface area is 731 Å². The number of phenolic OH excluding ortho intramolecular Hbond substituents is 1. The number of nitrogens with zero attached hydrogens (tertiary/aromatic N) is 3. The zero-order chi connectivity index (χ0) is 84.6. The SMILES string of the molecule is COC(=O)/C=C(/Oc1ccccc1Br)C(=O)OC.Cl.NCc1cc(=O)c2cccc(Br)c2o1.O=C(O)/C=C(/Oc1ccccc1Br)C(=O)O.O=C(O)c1cc(=O)c2cccc(Br)c2o1.O=c1cc(CCl)oc2c(Br)cccc12.O=c1cc(CO)oc2c(Br)cccc12.Oc1ccccc1Br.[N-]=[N+]=NCc1cc(=O)c2cccc(Br)c2o1. The van der Waals surface area contributed by atoms with Gasteiger partial charge in [0.2, 0.25) is 17.3 Å². The highest BCUT2D eigenvalue weighted by atomic mass is 79.9. The highest BCUT2D eigenvalue weighted by Gasteiger charge is 2.19. The number of alkyl halides is 1. The van der Waals surface area contributed by atoms with E-state index in [0.717, 1.165) is 25.6 Å². The molecule has 13 aromatic rings. The van der Waals surface area contributed by atoms with Crippen LogP contribution in [0, 0.1) is 0 Å². The third kappa shape index (κ3) is 28.8. The first-order chi connectivity index (χ1) is 54.9. The van der Waals surface area contributed by atoms with Gasteiger partial charge in [-0.25, -0.2) is 24.0 Å². The van der Waals surface area contributed by atoms with Gasteiger partial charge in [-0.1, -0.05) is 71.8 Å². The molecule has 28 nitrogen and oxygen atoms in total. The molecule has 0 spiro atoms. The molecule has 0 aliphatic rings. The summed E-state index contributed by atoms with van der Waals surface area (Å²) in [6.07, 6.45) is 1.41. The van der Waals surface area contributed by atoms with Crippen molar-refractivity contribution >= 4 is 236 Å². The van der Waals surface area contributed by atoms with E-state index in [1.165, 1.54) is 44.6 Å². The number of carbonyl (C=O) groups excluding carboxylic acids is 2. The van der Waals surface area contributed by atoms with E-state index in [2.05, 4.69) is 147 Å². The van der Waals surface area contributed by atoms with Crippen LogP contribution in [-0.2, 0) is 54.2 Å². The summed E-state index contributed by atoms with van der Waals surface area (Å²) in [6, 6.07) is 53.0. The van der Waals surface area contributed by atoms with Crippen molar-refractivity contribution in [2.75, 3.05) is 14.2 Å². The molecular formula is C78H56Br8Cl2N4O24. The summed E-state index contributed by atoms with van der Waals surface area (Å²) in [4.78, 5) is 115. The van der Waals surface area contributed by atoms with Crippen molar-refractivity contribution in [1.29, 1.82) is 0 Å². The summed E-state index contributed by atoms with van der Waals surface area (Å²) in [7, 11) is 2.39. The van der Waals surface area contributed by atoms with Crippen molar-refractivity contribution in [3.8, 4) is 17.2 Å². The normalized spacial score (nSPS) is 10.4. The van der Waals surface area contributed by atoms with E-state index in [1.807, 2.05) is 18.2 Å². The summed E-state index contributed by atoms with van der Waals surface area (Å²) in [5.41, 5.74) is 15.1. The van der Waals surface area contributed by atoms with E-state index in [9.17, 15) is 47.9 Å². The Morgan fingerprint density at radius 2 is 0.819 bits per heavy atom. The van der Waals surface area contributed by atoms with E-state index in [1.54, 1.807) is 140 Å². The van der Waals surface area contributed by atoms with Gasteiger partial charge < -0.3 is 72.3 Å². The number of rotatable bonds is 14. The van der Waals surface area contributed by atoms with E-state index in [0.29, 0.717) is 101 Å². The van der Waals surface area contributed by atoms with Gasteiger partial charge in [0.15, 0.2) is 55.1 Å². The summed E-state index contributed by atoms with van der Waals surface area (Å²) in [5, 5.41) is 49.4. The van der Waals surface area contributed by atoms with Crippen molar-refractivity contribution in [3.63, 3.8) is 0 Å². The summed E-state index contributed by atoms with van der Waals surface area (Å²) in [5.74, 6) is -4.13. The first kappa shape index (κ1) is 96.3. The molecule has 602 valence electrons. The number of aliphatic hydroxyl groups excluding tert-OH is 1. The molecule has 13 rings (SSSR count). The topological polar surface area (TPSA) is 449 Å². The molecule has 0 fully saturated rings. The molecule has 38 heteroatoms. The van der Waals surface area contributed by atoms with Crippen LogP contribution < -0.4 is 42.4 Å². The minimum atomic E-state index is -1.45. The van der Waals surface area contributed by atoms with Gasteiger partial charge in [-0.15, -0.1) is 24.0 Å². The van der Waals surface area contributed by atoms with Gasteiger partial charge in [0.05, 0.1) is 108 Å². The number of halogens is 10. The number of nitrogens with two attached hydrogens (primary N) is 1. The summed E-state index contributed by atoms with van der Waals surface area (Å²) >= 11 is 31.6. The molecule has 0 amide bonds. The van der Waals surface area contributed by atoms with Crippen molar-refractivity contribution in [2.45, 2.75) is 25.6 Å². The first-order valence-corrected chi connectivity index (χ1v) is 38.8. The Hall–Kier alpha value is -10.3. The van der Waals surface area contributed by atoms with E-state index >= 15 is 0 Å². The maximum absolute atomic E-state index is 11.7. The van der Waals surface area contributed by atoms with Gasteiger partial charge in [-0.2, -0.15) is 0 Å². The number of esters is 2. The van der Waals surface area contributed by atoms with Gasteiger partial charge in [0, 0.05) is 35.2 Å². The Morgan fingerprint density at radius 1 is 0.466 bits per heavy atom. The minimum absolute atomic E-state index is 0. The fourth-order valence-corrected chi connectivity index (χ4v) is 12.2. The number of azide groups is 1. The Bertz CT molecular complexity index is 5910. The molecule has 5 heterocycles. The number of aromatic hydroxyl groups is 1. The molecule has 0 saturated carbocycles. The van der Waals surface area contributed by atoms with Crippen LogP contribution in [-0.4, -0.2) is 69.6 Å². The van der Waals surface area contributed by atoms with Crippen LogP contribution in [0.4, 0.5) is 0 Å². The van der Waals surface area contributed by atoms with Crippen LogP contribution in [0.3, 0.4) is 0 Å². The maximum atomic E-state index is 11.7. The third-order valence-corrected chi connectivity index (χ3v) is 19.4. The average molecular weight is 2140 g/mol. The van der Waals surface area contributed by atoms with Crippen molar-refractivity contribution in [3.05, 3.63) is 344 Å². The second-order valence-corrected chi connectivity index (χ2v) is 28.8. The van der Waals surface area contributed by atoms with Gasteiger partial charge in [0.25, 0.3) is 0 Å². The molecule has 0 atom stereocenters. The number of para-hydroxylation sites is 8. The lowest BCUT2D eigenvalue weighted by molar-refractivity contribution is -0.140. The first-order valence-electron chi connectivity index (χ1n) is 31.9. The molecule has 0 aliphatic carbocycles. The number of fused-ring (bicyclic) bond motifs is 5. The number of hydrogen-bond acceptors (Lipinski definition) is 23. The van der Waals surface area contributed by atoms with Crippen LogP contribution in [0.25, 0.3) is 65.3 Å². The molecular weight excluding hydrogens is 2090 g/mol. The third-order valence-electron chi connectivity index (χ3n) is 14.0. The molecule has 7 N–H and O–H groups in total. The number of aliphatic carboxylic acids is 2. The highest BCUT2D eigenvalue weighted by molar-refractivity contribution is 9.11. The Morgan fingerprint density at radius 3 is 1.17 bits per heavy atom. The number of ether oxygens (including phenoxy) is 4. The van der Waals surface area contributed by atoms with E-state index < -0.39 is 35.6 Å². The highest BCUT2D eigenvalue weighted by Crippen LogP contribution is 2.30. The fraction of sp³-hybridized carbons (Fsp3) is 0.0769. The fourth-order valence-electron chi connectivity index (χ4n) is 8.82. The van der Waals surface area contributed by atoms with Crippen molar-refractivity contribution in [2.24, 2.45) is 10.8 Å². The lowest BCUT2D eigenvalue weighted by atomic mass is 10.2. The van der Waals surface area contributed by atoms with Gasteiger partial charge in [-0.3, -0.25) is 24.0 Å². The van der Waals surface area contributed by atoms with Crippen LogP contribution >= 0.6 is 151 Å². The quantitative estimate of drug-likeness (QED) is 0.0112. The standard InChI is InChI=1S/C12H11BrO5.C10H6BrClO2.C10H6BrN3O2.C10H8BrNO2.C10H7BrO5.C10H5BrO4.C10H7BrO3.C6H5BrO.ClH/c1-16-11(14)7-10(12(15)17-2)18-9-6-4-3-5-8(9)13;11-8-3-1-2-7-9(13)4-6(5-12)14-10(7)8;11-8-3-1-2-7-9(15)4-6(5-13-14-12)16-10(7)8;11-8-3-1-2-7-9(13)4-6(5-12)14-10(7)8;11-6-3-1-2-4-7(6)16-8(10(14)15)5-9(12)13;11-6-3-1-2-5-7(12)4-8(10(13)14)15-9(5)6;11-8-3-1-2-7-9(13)4-6(5-12)14-10(7)8;7-5-3-1-2-4-6(5)8;/h3-7H,1-2H3;1-4H,5H2;1-4H,5H2;1-4H,5,12H2;1-5H,(H,12,13)(H,14,15);1-4H,(H,13,14);1-4,12H,5H2;1-4,8H;1H/b10-7+;;;;8-5+;;;;. The van der Waals surface area contributed by atoms with E-state index in [-0.39, 0.29) is 99.5 Å². The molecule has 116 heavy (non-hydrogen) atoms. The maximum Gasteiger partial charge on any atom is 0.374 e. The second kappa shape index (κ2) is 48.3. The summed E-state index contributed by atoms with van der Waals surface area (Å²) < 4.78 is 51.4. The molecule has 0 radical (unpaired) electrons.